The summed E-state index contributed by atoms with van der Waals surface area (Å²) in [6, 6.07) is 11.4. The van der Waals surface area contributed by atoms with Crippen LogP contribution in [0.1, 0.15) is 5.69 Å². The van der Waals surface area contributed by atoms with E-state index in [1.54, 1.807) is 12.3 Å². The van der Waals surface area contributed by atoms with Crippen molar-refractivity contribution >= 4 is 11.8 Å². The minimum absolute atomic E-state index is 0.324. The van der Waals surface area contributed by atoms with Crippen molar-refractivity contribution in [1.29, 1.82) is 0 Å². The van der Waals surface area contributed by atoms with E-state index in [0.717, 1.165) is 16.8 Å². The molecule has 1 aromatic heterocycles. The summed E-state index contributed by atoms with van der Waals surface area (Å²) in [6.45, 7) is 1.95. The van der Waals surface area contributed by atoms with Crippen molar-refractivity contribution in [2.75, 3.05) is 5.75 Å². The first-order chi connectivity index (χ1) is 11.1. The van der Waals surface area contributed by atoms with E-state index in [1.165, 1.54) is 11.8 Å². The first-order valence-electron chi connectivity index (χ1n) is 7.41. The fourth-order valence-corrected chi connectivity index (χ4v) is 3.66. The van der Waals surface area contributed by atoms with Gasteiger partial charge in [0, 0.05) is 23.2 Å². The molecule has 3 rings (SSSR count). The number of nitrogens with zero attached hydrogens (tertiary/aromatic N) is 1. The third-order valence-corrected chi connectivity index (χ3v) is 5.10. The Hall–Kier alpha value is -1.60. The molecule has 1 fully saturated rings. The SMILES string of the molecule is Cc1ncccc1-c1cccc(O[C@H]2SC[C@@H](O)[C@H](O)[C@H]2O)c1. The van der Waals surface area contributed by atoms with Crippen molar-refractivity contribution in [3.8, 4) is 16.9 Å². The van der Waals surface area contributed by atoms with Gasteiger partial charge in [-0.2, -0.15) is 0 Å². The number of pyridine rings is 1. The molecule has 1 aliphatic heterocycles. The third kappa shape index (κ3) is 3.50. The number of hydrogen-bond donors (Lipinski definition) is 3. The van der Waals surface area contributed by atoms with Gasteiger partial charge in [-0.05, 0) is 30.7 Å². The molecule has 6 heteroatoms. The fourth-order valence-electron chi connectivity index (χ4n) is 2.54. The predicted molar refractivity (Wildman–Crippen MR) is 89.3 cm³/mol. The smallest absolute Gasteiger partial charge is 0.173 e. The molecular weight excluding hydrogens is 314 g/mol. The normalized spacial score (nSPS) is 27.7. The van der Waals surface area contributed by atoms with Crippen LogP contribution in [0.25, 0.3) is 11.1 Å². The van der Waals surface area contributed by atoms with Gasteiger partial charge in [-0.1, -0.05) is 18.2 Å². The highest BCUT2D eigenvalue weighted by atomic mass is 32.2. The maximum Gasteiger partial charge on any atom is 0.173 e. The number of ether oxygens (including phenoxy) is 1. The average molecular weight is 333 g/mol. The Morgan fingerprint density at radius 3 is 2.74 bits per heavy atom. The Kier molecular flexibility index (Phi) is 4.87. The van der Waals surface area contributed by atoms with Gasteiger partial charge in [-0.3, -0.25) is 4.98 Å². The lowest BCUT2D eigenvalue weighted by Crippen LogP contribution is -2.50. The van der Waals surface area contributed by atoms with E-state index >= 15 is 0 Å². The standard InChI is InChI=1S/C17H19NO4S/c1-10-13(6-3-7-18-10)11-4-2-5-12(8-11)22-17-16(21)15(20)14(19)9-23-17/h2-8,14-17,19-21H,9H2,1H3/t14-,15+,16-,17+/m1/s1. The van der Waals surface area contributed by atoms with Crippen LogP contribution in [-0.2, 0) is 0 Å². The molecule has 0 spiro atoms. The number of benzene rings is 1. The molecule has 0 radical (unpaired) electrons. The first kappa shape index (κ1) is 16.3. The summed E-state index contributed by atoms with van der Waals surface area (Å²) >= 11 is 1.29. The maximum absolute atomic E-state index is 10.0. The summed E-state index contributed by atoms with van der Waals surface area (Å²) in [5.41, 5.74) is 2.31. The van der Waals surface area contributed by atoms with Crippen LogP contribution in [0, 0.1) is 6.92 Å². The maximum atomic E-state index is 10.0. The lowest BCUT2D eigenvalue weighted by molar-refractivity contribution is -0.0786. The molecule has 4 atom stereocenters. The Bertz CT molecular complexity index is 681. The summed E-state index contributed by atoms with van der Waals surface area (Å²) in [4.78, 5) is 4.29. The minimum Gasteiger partial charge on any atom is -0.477 e. The van der Waals surface area contributed by atoms with Crippen LogP contribution < -0.4 is 4.74 Å². The monoisotopic (exact) mass is 333 g/mol. The van der Waals surface area contributed by atoms with Gasteiger partial charge in [0.25, 0.3) is 0 Å². The van der Waals surface area contributed by atoms with E-state index in [9.17, 15) is 15.3 Å². The van der Waals surface area contributed by atoms with Gasteiger partial charge in [-0.25, -0.2) is 0 Å². The number of aliphatic hydroxyl groups is 3. The summed E-state index contributed by atoms with van der Waals surface area (Å²) < 4.78 is 5.81. The molecule has 1 saturated heterocycles. The number of hydrogen-bond acceptors (Lipinski definition) is 6. The van der Waals surface area contributed by atoms with E-state index in [1.807, 2.05) is 37.3 Å². The van der Waals surface area contributed by atoms with Crippen molar-refractivity contribution in [2.45, 2.75) is 30.7 Å². The van der Waals surface area contributed by atoms with Crippen LogP contribution in [0.3, 0.4) is 0 Å². The van der Waals surface area contributed by atoms with Gasteiger partial charge >= 0.3 is 0 Å². The Balaban J connectivity index is 1.80. The number of rotatable bonds is 3. The zero-order valence-electron chi connectivity index (χ0n) is 12.7. The van der Waals surface area contributed by atoms with E-state index in [0.29, 0.717) is 11.5 Å². The van der Waals surface area contributed by atoms with Crippen LogP contribution in [0.2, 0.25) is 0 Å². The molecule has 3 N–H and O–H groups in total. The second kappa shape index (κ2) is 6.88. The van der Waals surface area contributed by atoms with E-state index < -0.39 is 23.7 Å². The molecule has 0 unspecified atom stereocenters. The fraction of sp³-hybridized carbons (Fsp3) is 0.353. The molecule has 1 aliphatic rings. The predicted octanol–water partition coefficient (Wildman–Crippen LogP) is 1.59. The van der Waals surface area contributed by atoms with Crippen LogP contribution in [0.5, 0.6) is 5.75 Å². The summed E-state index contributed by atoms with van der Waals surface area (Å²) in [7, 11) is 0. The number of aliphatic hydroxyl groups excluding tert-OH is 3. The molecular formula is C17H19NO4S. The molecule has 5 nitrogen and oxygen atoms in total. The Morgan fingerprint density at radius 2 is 1.96 bits per heavy atom. The van der Waals surface area contributed by atoms with Gasteiger partial charge < -0.3 is 20.1 Å². The summed E-state index contributed by atoms with van der Waals surface area (Å²) in [6.07, 6.45) is -1.50. The van der Waals surface area contributed by atoms with Gasteiger partial charge in [0.1, 0.15) is 18.0 Å². The summed E-state index contributed by atoms with van der Waals surface area (Å²) in [5, 5.41) is 29.4. The average Bonchev–Trinajstić information content (AvgIpc) is 2.56. The Morgan fingerprint density at radius 1 is 1.13 bits per heavy atom. The van der Waals surface area contributed by atoms with E-state index in [2.05, 4.69) is 4.98 Å². The Labute approximate surface area is 139 Å². The highest BCUT2D eigenvalue weighted by molar-refractivity contribution is 7.99. The molecule has 0 aliphatic carbocycles. The quantitative estimate of drug-likeness (QED) is 0.791. The lowest BCUT2D eigenvalue weighted by Gasteiger charge is -2.34. The molecule has 23 heavy (non-hydrogen) atoms. The zero-order valence-corrected chi connectivity index (χ0v) is 13.5. The molecule has 0 bridgehead atoms. The van der Waals surface area contributed by atoms with Crippen molar-refractivity contribution < 1.29 is 20.1 Å². The zero-order chi connectivity index (χ0) is 16.4. The van der Waals surface area contributed by atoms with Crippen molar-refractivity contribution in [1.82, 2.24) is 4.98 Å². The van der Waals surface area contributed by atoms with Gasteiger partial charge in [0.2, 0.25) is 0 Å². The molecule has 2 heterocycles. The molecule has 0 amide bonds. The number of thioether (sulfide) groups is 1. The van der Waals surface area contributed by atoms with Gasteiger partial charge in [0.05, 0.1) is 6.10 Å². The molecule has 2 aromatic rings. The van der Waals surface area contributed by atoms with E-state index in [-0.39, 0.29) is 0 Å². The number of aryl methyl sites for hydroxylation is 1. The second-order valence-electron chi connectivity index (χ2n) is 5.53. The van der Waals surface area contributed by atoms with Crippen LogP contribution >= 0.6 is 11.8 Å². The highest BCUT2D eigenvalue weighted by Gasteiger charge is 2.38. The van der Waals surface area contributed by atoms with Gasteiger partial charge in [0.15, 0.2) is 5.44 Å². The second-order valence-corrected chi connectivity index (χ2v) is 6.66. The first-order valence-corrected chi connectivity index (χ1v) is 8.45. The molecule has 0 saturated carbocycles. The van der Waals surface area contributed by atoms with Crippen molar-refractivity contribution in [3.05, 3.63) is 48.3 Å². The van der Waals surface area contributed by atoms with Gasteiger partial charge in [-0.15, -0.1) is 11.8 Å². The van der Waals surface area contributed by atoms with Crippen LogP contribution in [0.4, 0.5) is 0 Å². The van der Waals surface area contributed by atoms with Crippen molar-refractivity contribution in [3.63, 3.8) is 0 Å². The summed E-state index contributed by atoms with van der Waals surface area (Å²) in [5.74, 6) is 0.926. The van der Waals surface area contributed by atoms with Crippen LogP contribution in [-0.4, -0.2) is 49.8 Å². The van der Waals surface area contributed by atoms with Crippen LogP contribution in [0.15, 0.2) is 42.6 Å². The highest BCUT2D eigenvalue weighted by Crippen LogP contribution is 2.31. The molecule has 1 aromatic carbocycles. The minimum atomic E-state index is -1.19. The largest absolute Gasteiger partial charge is 0.477 e. The third-order valence-electron chi connectivity index (χ3n) is 3.86. The molecule has 122 valence electrons. The number of aromatic nitrogens is 1. The lowest BCUT2D eigenvalue weighted by atomic mass is 10.0. The van der Waals surface area contributed by atoms with E-state index in [4.69, 9.17) is 4.74 Å². The topological polar surface area (TPSA) is 82.8 Å². The van der Waals surface area contributed by atoms with Crippen molar-refractivity contribution in [2.24, 2.45) is 0 Å².